The van der Waals surface area contributed by atoms with Gasteiger partial charge in [0.2, 0.25) is 5.88 Å². The van der Waals surface area contributed by atoms with Crippen LogP contribution in [0.5, 0.6) is 11.6 Å². The molecular weight excluding hydrogens is 214 g/mol. The summed E-state index contributed by atoms with van der Waals surface area (Å²) in [6.07, 6.45) is 1.71. The standard InChI is InChI=1S/C13H15N3O/c1-8-4-5-11(6-12(8)14)17-13-10(3)15-7-9(2)16-13/h4-7H,14H2,1-3H3. The number of nitrogen functional groups attached to an aromatic ring is 1. The summed E-state index contributed by atoms with van der Waals surface area (Å²) in [5.74, 6) is 1.20. The molecule has 2 rings (SSSR count). The Balaban J connectivity index is 2.31. The number of hydrogen-bond acceptors (Lipinski definition) is 4. The van der Waals surface area contributed by atoms with Crippen molar-refractivity contribution in [2.45, 2.75) is 20.8 Å². The molecule has 0 unspecified atom stereocenters. The van der Waals surface area contributed by atoms with Gasteiger partial charge in [0, 0.05) is 18.0 Å². The highest BCUT2D eigenvalue weighted by atomic mass is 16.5. The second-order valence-electron chi connectivity index (χ2n) is 4.02. The highest BCUT2D eigenvalue weighted by Crippen LogP contribution is 2.25. The third-order valence-corrected chi connectivity index (χ3v) is 2.50. The van der Waals surface area contributed by atoms with E-state index in [0.717, 1.165) is 17.0 Å². The first-order chi connectivity index (χ1) is 8.06. The van der Waals surface area contributed by atoms with Gasteiger partial charge < -0.3 is 10.5 Å². The van der Waals surface area contributed by atoms with Crippen LogP contribution in [0.15, 0.2) is 24.4 Å². The Hall–Kier alpha value is -2.10. The second-order valence-corrected chi connectivity index (χ2v) is 4.02. The van der Waals surface area contributed by atoms with Crippen LogP contribution in [-0.2, 0) is 0 Å². The third kappa shape index (κ3) is 2.53. The molecule has 0 amide bonds. The number of aryl methyl sites for hydroxylation is 3. The number of nitrogens with zero attached hydrogens (tertiary/aromatic N) is 2. The van der Waals surface area contributed by atoms with Gasteiger partial charge in [0.25, 0.3) is 0 Å². The molecule has 0 bridgehead atoms. The Morgan fingerprint density at radius 3 is 2.65 bits per heavy atom. The largest absolute Gasteiger partial charge is 0.437 e. The van der Waals surface area contributed by atoms with Crippen LogP contribution in [0, 0.1) is 20.8 Å². The Kier molecular flexibility index (Phi) is 2.95. The molecule has 0 fully saturated rings. The monoisotopic (exact) mass is 229 g/mol. The molecule has 4 heteroatoms. The van der Waals surface area contributed by atoms with Crippen LogP contribution >= 0.6 is 0 Å². The molecule has 0 saturated heterocycles. The van der Waals surface area contributed by atoms with Gasteiger partial charge in [-0.05, 0) is 32.4 Å². The zero-order chi connectivity index (χ0) is 12.4. The lowest BCUT2D eigenvalue weighted by Gasteiger charge is -2.09. The Labute approximate surface area is 100 Å². The SMILES string of the molecule is Cc1cnc(C)c(Oc2ccc(C)c(N)c2)n1. The summed E-state index contributed by atoms with van der Waals surface area (Å²) < 4.78 is 5.67. The van der Waals surface area contributed by atoms with Crippen LogP contribution in [0.2, 0.25) is 0 Å². The molecule has 0 spiro atoms. The zero-order valence-electron chi connectivity index (χ0n) is 10.2. The van der Waals surface area contributed by atoms with Crippen molar-refractivity contribution in [3.8, 4) is 11.6 Å². The van der Waals surface area contributed by atoms with E-state index < -0.39 is 0 Å². The maximum Gasteiger partial charge on any atom is 0.241 e. The van der Waals surface area contributed by atoms with Crippen molar-refractivity contribution in [1.29, 1.82) is 0 Å². The fourth-order valence-corrected chi connectivity index (χ4v) is 1.41. The van der Waals surface area contributed by atoms with E-state index in [1.165, 1.54) is 0 Å². The van der Waals surface area contributed by atoms with Gasteiger partial charge in [0.1, 0.15) is 5.75 Å². The minimum absolute atomic E-state index is 0.522. The molecule has 2 N–H and O–H groups in total. The van der Waals surface area contributed by atoms with Gasteiger partial charge in [-0.25, -0.2) is 4.98 Å². The first kappa shape index (κ1) is 11.4. The molecule has 4 nitrogen and oxygen atoms in total. The van der Waals surface area contributed by atoms with E-state index in [4.69, 9.17) is 10.5 Å². The summed E-state index contributed by atoms with van der Waals surface area (Å²) in [4.78, 5) is 8.49. The van der Waals surface area contributed by atoms with Gasteiger partial charge in [-0.3, -0.25) is 4.98 Å². The Morgan fingerprint density at radius 2 is 1.94 bits per heavy atom. The molecule has 2 aromatic rings. The number of nitrogens with two attached hydrogens (primary N) is 1. The lowest BCUT2D eigenvalue weighted by molar-refractivity contribution is 0.454. The smallest absolute Gasteiger partial charge is 0.241 e. The summed E-state index contributed by atoms with van der Waals surface area (Å²) >= 11 is 0. The van der Waals surface area contributed by atoms with Crippen LogP contribution in [0.4, 0.5) is 5.69 Å². The quantitative estimate of drug-likeness (QED) is 0.804. The second kappa shape index (κ2) is 4.41. The van der Waals surface area contributed by atoms with Crippen molar-refractivity contribution in [3.63, 3.8) is 0 Å². The van der Waals surface area contributed by atoms with Gasteiger partial charge in [0.05, 0.1) is 11.4 Å². The fourth-order valence-electron chi connectivity index (χ4n) is 1.41. The molecule has 0 aliphatic rings. The van der Waals surface area contributed by atoms with Crippen molar-refractivity contribution in [2.75, 3.05) is 5.73 Å². The van der Waals surface area contributed by atoms with Gasteiger partial charge in [-0.15, -0.1) is 0 Å². The number of rotatable bonds is 2. The van der Waals surface area contributed by atoms with E-state index in [0.29, 0.717) is 17.3 Å². The zero-order valence-corrected chi connectivity index (χ0v) is 10.2. The summed E-state index contributed by atoms with van der Waals surface area (Å²) in [5, 5.41) is 0. The molecular formula is C13H15N3O. The Bertz CT molecular complexity index is 552. The van der Waals surface area contributed by atoms with Crippen molar-refractivity contribution >= 4 is 5.69 Å². The fraction of sp³-hybridized carbons (Fsp3) is 0.231. The van der Waals surface area contributed by atoms with Gasteiger partial charge in [-0.1, -0.05) is 6.07 Å². The van der Waals surface area contributed by atoms with Crippen LogP contribution in [0.3, 0.4) is 0 Å². The van der Waals surface area contributed by atoms with Crippen molar-refractivity contribution in [2.24, 2.45) is 0 Å². The maximum atomic E-state index is 5.83. The van der Waals surface area contributed by atoms with E-state index in [2.05, 4.69) is 9.97 Å². The van der Waals surface area contributed by atoms with E-state index in [1.54, 1.807) is 12.3 Å². The molecule has 0 saturated carbocycles. The van der Waals surface area contributed by atoms with E-state index >= 15 is 0 Å². The van der Waals surface area contributed by atoms with E-state index in [9.17, 15) is 0 Å². The van der Waals surface area contributed by atoms with Gasteiger partial charge in [0.15, 0.2) is 0 Å². The third-order valence-electron chi connectivity index (χ3n) is 2.50. The lowest BCUT2D eigenvalue weighted by Crippen LogP contribution is -1.97. The molecule has 1 aromatic carbocycles. The highest BCUT2D eigenvalue weighted by Gasteiger charge is 2.05. The predicted molar refractivity (Wildman–Crippen MR) is 67.2 cm³/mol. The van der Waals surface area contributed by atoms with Gasteiger partial charge >= 0.3 is 0 Å². The predicted octanol–water partition coefficient (Wildman–Crippen LogP) is 2.78. The number of benzene rings is 1. The van der Waals surface area contributed by atoms with Crippen molar-refractivity contribution < 1.29 is 4.74 Å². The van der Waals surface area contributed by atoms with E-state index in [1.807, 2.05) is 32.9 Å². The molecule has 0 radical (unpaired) electrons. The molecule has 1 heterocycles. The molecule has 0 aliphatic carbocycles. The summed E-state index contributed by atoms with van der Waals surface area (Å²) in [7, 11) is 0. The summed E-state index contributed by atoms with van der Waals surface area (Å²) in [5.41, 5.74) is 9.15. The summed E-state index contributed by atoms with van der Waals surface area (Å²) in [6, 6.07) is 5.58. The average Bonchev–Trinajstić information content (AvgIpc) is 2.29. The first-order valence-corrected chi connectivity index (χ1v) is 5.40. The minimum atomic E-state index is 0.522. The van der Waals surface area contributed by atoms with Gasteiger partial charge in [-0.2, -0.15) is 0 Å². The van der Waals surface area contributed by atoms with Crippen molar-refractivity contribution in [3.05, 3.63) is 41.3 Å². The van der Waals surface area contributed by atoms with Crippen LogP contribution < -0.4 is 10.5 Å². The molecule has 17 heavy (non-hydrogen) atoms. The molecule has 0 atom stereocenters. The number of hydrogen-bond donors (Lipinski definition) is 1. The summed E-state index contributed by atoms with van der Waals surface area (Å²) in [6.45, 7) is 5.69. The Morgan fingerprint density at radius 1 is 1.18 bits per heavy atom. The van der Waals surface area contributed by atoms with Crippen LogP contribution in [-0.4, -0.2) is 9.97 Å². The average molecular weight is 229 g/mol. The lowest BCUT2D eigenvalue weighted by atomic mass is 10.2. The topological polar surface area (TPSA) is 61.0 Å². The number of anilines is 1. The van der Waals surface area contributed by atoms with Crippen molar-refractivity contribution in [1.82, 2.24) is 9.97 Å². The first-order valence-electron chi connectivity index (χ1n) is 5.40. The van der Waals surface area contributed by atoms with Crippen LogP contribution in [0.25, 0.3) is 0 Å². The molecule has 1 aromatic heterocycles. The minimum Gasteiger partial charge on any atom is -0.437 e. The maximum absolute atomic E-state index is 5.83. The number of aromatic nitrogens is 2. The van der Waals surface area contributed by atoms with E-state index in [-0.39, 0.29) is 0 Å². The molecule has 88 valence electrons. The molecule has 0 aliphatic heterocycles. The normalized spacial score (nSPS) is 10.3. The highest BCUT2D eigenvalue weighted by molar-refractivity contribution is 5.51. The number of ether oxygens (including phenoxy) is 1. The van der Waals surface area contributed by atoms with Crippen LogP contribution in [0.1, 0.15) is 17.0 Å².